The van der Waals surface area contributed by atoms with Gasteiger partial charge in [0.25, 0.3) is 17.7 Å². The van der Waals surface area contributed by atoms with Crippen molar-refractivity contribution in [2.24, 2.45) is 0 Å². The Kier molecular flexibility index (Phi) is 7.19. The number of rotatable bonds is 5. The molecule has 0 radical (unpaired) electrons. The van der Waals surface area contributed by atoms with E-state index in [-0.39, 0.29) is 28.8 Å². The Morgan fingerprint density at radius 2 is 1.76 bits per heavy atom. The molecule has 12 heteroatoms. The third kappa shape index (κ3) is 5.07. The summed E-state index contributed by atoms with van der Waals surface area (Å²) in [5.74, 6) is -1.02. The molecule has 1 aromatic carbocycles. The minimum atomic E-state index is -1.23. The Balaban J connectivity index is 1.30. The fraction of sp³-hybridized carbons (Fsp3) is 0.440. The van der Waals surface area contributed by atoms with Crippen LogP contribution in [-0.4, -0.2) is 77.4 Å². The Labute approximate surface area is 228 Å². The lowest BCUT2D eigenvalue weighted by Gasteiger charge is -2.35. The summed E-state index contributed by atoms with van der Waals surface area (Å²) in [5, 5.41) is 5.99. The van der Waals surface area contributed by atoms with Gasteiger partial charge in [-0.1, -0.05) is 23.2 Å². The number of carbonyl (C=O) groups excluding carboxylic acids is 4. The number of ether oxygens (including phenoxy) is 1. The van der Waals surface area contributed by atoms with Crippen molar-refractivity contribution in [1.29, 1.82) is 0 Å². The summed E-state index contributed by atoms with van der Waals surface area (Å²) in [4.78, 5) is 54.9. The van der Waals surface area contributed by atoms with Gasteiger partial charge in [-0.05, 0) is 43.2 Å². The van der Waals surface area contributed by atoms with E-state index in [1.54, 1.807) is 34.1 Å². The molecule has 4 amide bonds. The molecule has 1 aromatic heterocycles. The van der Waals surface area contributed by atoms with Crippen molar-refractivity contribution in [3.8, 4) is 0 Å². The van der Waals surface area contributed by atoms with Crippen LogP contribution in [0, 0.1) is 0 Å². The number of piperazine rings is 1. The van der Waals surface area contributed by atoms with Crippen LogP contribution in [0.2, 0.25) is 9.36 Å². The second-order valence-electron chi connectivity index (χ2n) is 9.50. The van der Waals surface area contributed by atoms with Gasteiger partial charge in [-0.25, -0.2) is 0 Å². The number of benzene rings is 1. The van der Waals surface area contributed by atoms with E-state index in [1.807, 2.05) is 0 Å². The van der Waals surface area contributed by atoms with Crippen molar-refractivity contribution in [2.75, 3.05) is 31.5 Å². The molecule has 3 saturated heterocycles. The summed E-state index contributed by atoms with van der Waals surface area (Å²) < 4.78 is 6.44. The molecule has 4 heterocycles. The highest BCUT2D eigenvalue weighted by Crippen LogP contribution is 2.43. The van der Waals surface area contributed by atoms with Crippen LogP contribution in [0.25, 0.3) is 0 Å². The predicted octanol–water partition coefficient (Wildman–Crippen LogP) is 3.42. The third-order valence-corrected chi connectivity index (χ3v) is 8.76. The number of nitrogens with zero attached hydrogens (tertiary/aromatic N) is 2. The first-order valence-electron chi connectivity index (χ1n) is 12.1. The Bertz CT molecular complexity index is 1260. The molecule has 0 aliphatic carbocycles. The summed E-state index contributed by atoms with van der Waals surface area (Å²) in [6, 6.07) is 7.98. The number of carbonyl (C=O) groups is 4. The van der Waals surface area contributed by atoms with Crippen LogP contribution in [0.3, 0.4) is 0 Å². The van der Waals surface area contributed by atoms with Gasteiger partial charge in [0.05, 0.1) is 32.0 Å². The number of hydrogen-bond donors (Lipinski definition) is 2. The number of amides is 4. The summed E-state index contributed by atoms with van der Waals surface area (Å²) >= 11 is 13.6. The summed E-state index contributed by atoms with van der Waals surface area (Å²) in [5.41, 5.74) is -0.506. The first-order chi connectivity index (χ1) is 17.7. The second-order valence-corrected chi connectivity index (χ2v) is 11.6. The molecule has 37 heavy (non-hydrogen) atoms. The smallest absolute Gasteiger partial charge is 0.262 e. The van der Waals surface area contributed by atoms with Crippen LogP contribution in [0.4, 0.5) is 5.69 Å². The zero-order valence-electron chi connectivity index (χ0n) is 20.1. The maximum absolute atomic E-state index is 13.6. The van der Waals surface area contributed by atoms with Crippen molar-refractivity contribution in [1.82, 2.24) is 15.1 Å². The first kappa shape index (κ1) is 26.0. The molecule has 3 atom stereocenters. The standard InChI is InChI=1S/C25H26Cl2N4O5S/c1-14(32)30-8-10-31(11-9-30)23(34)17-4-2-15(12-18(17)26)28-24(35)25(13-16-3-6-20(25)36-16)29-22(33)19-5-7-21(27)37-19/h2,4-5,7,12,16,20H,3,6,8-11,13H2,1H3,(H,28,35)(H,29,33). The van der Waals surface area contributed by atoms with Crippen LogP contribution in [-0.2, 0) is 14.3 Å². The molecular formula is C25H26Cl2N4O5S. The quantitative estimate of drug-likeness (QED) is 0.578. The average molecular weight is 565 g/mol. The van der Waals surface area contributed by atoms with Crippen molar-refractivity contribution >= 4 is 63.9 Å². The normalized spacial score (nSPS) is 24.7. The van der Waals surface area contributed by atoms with Gasteiger partial charge in [-0.15, -0.1) is 11.3 Å². The summed E-state index contributed by atoms with van der Waals surface area (Å²) in [6.07, 6.45) is 1.32. The first-order valence-corrected chi connectivity index (χ1v) is 13.6. The second kappa shape index (κ2) is 10.2. The number of hydrogen-bond acceptors (Lipinski definition) is 6. The van der Waals surface area contributed by atoms with E-state index in [4.69, 9.17) is 27.9 Å². The Morgan fingerprint density at radius 3 is 2.32 bits per heavy atom. The molecule has 3 fully saturated rings. The lowest BCUT2D eigenvalue weighted by atomic mass is 9.80. The Hall–Kier alpha value is -2.66. The van der Waals surface area contributed by atoms with Gasteiger partial charge in [0, 0.05) is 45.2 Å². The van der Waals surface area contributed by atoms with E-state index in [0.717, 1.165) is 17.8 Å². The fourth-order valence-electron chi connectivity index (χ4n) is 5.24. The van der Waals surface area contributed by atoms with Gasteiger partial charge in [0.2, 0.25) is 5.91 Å². The SMILES string of the molecule is CC(=O)N1CCN(C(=O)c2ccc(NC(=O)C3(NC(=O)c4ccc(Cl)s4)CC4CCC3O4)cc2Cl)CC1. The minimum Gasteiger partial charge on any atom is -0.372 e. The average Bonchev–Trinajstić information content (AvgIpc) is 3.60. The summed E-state index contributed by atoms with van der Waals surface area (Å²) in [6.45, 7) is 3.31. The van der Waals surface area contributed by atoms with Gasteiger partial charge in [0.1, 0.15) is 5.54 Å². The van der Waals surface area contributed by atoms with Gasteiger partial charge in [-0.3, -0.25) is 19.2 Å². The zero-order chi connectivity index (χ0) is 26.3. The van der Waals surface area contributed by atoms with Crippen molar-refractivity contribution < 1.29 is 23.9 Å². The molecule has 2 aromatic rings. The van der Waals surface area contributed by atoms with Gasteiger partial charge >= 0.3 is 0 Å². The number of halogens is 2. The number of anilines is 1. The molecule has 196 valence electrons. The molecule has 3 aliphatic heterocycles. The maximum Gasteiger partial charge on any atom is 0.262 e. The van der Waals surface area contributed by atoms with Crippen LogP contribution in [0.5, 0.6) is 0 Å². The van der Waals surface area contributed by atoms with Gasteiger partial charge in [0.15, 0.2) is 0 Å². The van der Waals surface area contributed by atoms with Crippen LogP contribution in [0.1, 0.15) is 46.2 Å². The molecule has 5 rings (SSSR count). The van der Waals surface area contributed by atoms with Crippen LogP contribution < -0.4 is 10.6 Å². The Morgan fingerprint density at radius 1 is 1.03 bits per heavy atom. The van der Waals surface area contributed by atoms with Crippen LogP contribution in [0.15, 0.2) is 30.3 Å². The monoisotopic (exact) mass is 564 g/mol. The lowest BCUT2D eigenvalue weighted by molar-refractivity contribution is -0.130. The molecule has 2 bridgehead atoms. The van der Waals surface area contributed by atoms with Gasteiger partial charge in [-0.2, -0.15) is 0 Å². The van der Waals surface area contributed by atoms with E-state index in [2.05, 4.69) is 10.6 Å². The predicted molar refractivity (Wildman–Crippen MR) is 140 cm³/mol. The lowest BCUT2D eigenvalue weighted by Crippen LogP contribution is -2.62. The maximum atomic E-state index is 13.6. The molecular weight excluding hydrogens is 539 g/mol. The molecule has 3 aliphatic rings. The molecule has 3 unspecified atom stereocenters. The topological polar surface area (TPSA) is 108 Å². The molecule has 0 spiro atoms. The van der Waals surface area contributed by atoms with Crippen molar-refractivity contribution in [3.63, 3.8) is 0 Å². The van der Waals surface area contributed by atoms with Gasteiger partial charge < -0.3 is 25.2 Å². The fourth-order valence-corrected chi connectivity index (χ4v) is 6.44. The van der Waals surface area contributed by atoms with Crippen molar-refractivity contribution in [2.45, 2.75) is 43.9 Å². The number of nitrogens with one attached hydrogen (secondary N) is 2. The largest absolute Gasteiger partial charge is 0.372 e. The van der Waals surface area contributed by atoms with E-state index >= 15 is 0 Å². The highest BCUT2D eigenvalue weighted by atomic mass is 35.5. The molecule has 9 nitrogen and oxygen atoms in total. The minimum absolute atomic E-state index is 0.0146. The summed E-state index contributed by atoms with van der Waals surface area (Å²) in [7, 11) is 0. The number of fused-ring (bicyclic) bond motifs is 2. The van der Waals surface area contributed by atoms with E-state index in [0.29, 0.717) is 59.5 Å². The highest BCUT2D eigenvalue weighted by Gasteiger charge is 2.58. The van der Waals surface area contributed by atoms with E-state index in [1.165, 1.54) is 13.0 Å². The van der Waals surface area contributed by atoms with E-state index < -0.39 is 17.6 Å². The van der Waals surface area contributed by atoms with E-state index in [9.17, 15) is 19.2 Å². The molecule has 2 N–H and O–H groups in total. The third-order valence-electron chi connectivity index (χ3n) is 7.22. The molecule has 0 saturated carbocycles. The number of thiophene rings is 1. The zero-order valence-corrected chi connectivity index (χ0v) is 22.4. The van der Waals surface area contributed by atoms with Crippen LogP contribution >= 0.6 is 34.5 Å². The van der Waals surface area contributed by atoms with Crippen molar-refractivity contribution in [3.05, 3.63) is 50.1 Å². The highest BCUT2D eigenvalue weighted by molar-refractivity contribution is 7.18.